The van der Waals surface area contributed by atoms with Crippen LogP contribution < -0.4 is 0 Å². The van der Waals surface area contributed by atoms with Crippen LogP contribution in [-0.4, -0.2) is 0 Å². The minimum Gasteiger partial charge on any atom is -0.206 e. The Bertz CT molecular complexity index is 977. The van der Waals surface area contributed by atoms with Crippen molar-refractivity contribution in [2.45, 2.75) is 32.6 Å². The highest BCUT2D eigenvalue weighted by Crippen LogP contribution is 2.38. The summed E-state index contributed by atoms with van der Waals surface area (Å²) in [4.78, 5) is 0. The summed E-state index contributed by atoms with van der Waals surface area (Å²) in [6, 6.07) is 33.8. The summed E-state index contributed by atoms with van der Waals surface area (Å²) >= 11 is 0. The molecule has 4 aromatic rings. The van der Waals surface area contributed by atoms with Crippen LogP contribution in [0.2, 0.25) is 0 Å². The van der Waals surface area contributed by atoms with Crippen molar-refractivity contribution in [2.75, 3.05) is 0 Å². The number of hydrogen-bond acceptors (Lipinski definition) is 0. The molecule has 0 radical (unpaired) electrons. The van der Waals surface area contributed by atoms with E-state index in [1.807, 2.05) is 6.07 Å². The van der Waals surface area contributed by atoms with E-state index in [1.165, 1.54) is 29.5 Å². The molecule has 0 unspecified atom stereocenters. The van der Waals surface area contributed by atoms with Gasteiger partial charge in [-0.2, -0.15) is 0 Å². The van der Waals surface area contributed by atoms with Crippen LogP contribution in [-0.2, 0) is 6.42 Å². The summed E-state index contributed by atoms with van der Waals surface area (Å²) < 4.78 is 6.57. The maximum atomic E-state index is 6.57. The molecule has 0 atom stereocenters. The van der Waals surface area contributed by atoms with Gasteiger partial charge in [-0.05, 0) is 42.7 Å². The quantitative estimate of drug-likeness (QED) is 0.232. The maximum Gasteiger partial charge on any atom is 0.364 e. The van der Waals surface area contributed by atoms with E-state index in [4.69, 9.17) is 4.42 Å². The number of rotatable bonds is 7. The Morgan fingerprint density at radius 2 is 1.17 bits per heavy atom. The van der Waals surface area contributed by atoms with Crippen molar-refractivity contribution in [3.8, 4) is 33.8 Å². The van der Waals surface area contributed by atoms with Crippen LogP contribution in [0.15, 0.2) is 101 Å². The predicted molar refractivity (Wildman–Crippen MR) is 123 cm³/mol. The molecule has 144 valence electrons. The molecule has 4 rings (SSSR count). The minimum absolute atomic E-state index is 0.905. The average Bonchev–Trinajstić information content (AvgIpc) is 2.81. The van der Waals surface area contributed by atoms with Gasteiger partial charge in [-0.25, -0.2) is 4.42 Å². The van der Waals surface area contributed by atoms with E-state index in [2.05, 4.69) is 97.9 Å². The van der Waals surface area contributed by atoms with Crippen molar-refractivity contribution in [3.63, 3.8) is 0 Å². The first kappa shape index (κ1) is 19.1. The fourth-order valence-electron chi connectivity index (χ4n) is 3.78. The Balaban J connectivity index is 1.95. The standard InChI is InChI=1S/C28H27O/c1-2-3-7-20-25-26(22-14-8-4-9-15-22)21-27(23-16-10-5-11-17-23)29-28(25)24-18-12-6-13-19-24/h4-6,8-19,21H,2-3,7,20H2,1H3/q+1. The molecular formula is C28H27O+. The van der Waals surface area contributed by atoms with Gasteiger partial charge < -0.3 is 0 Å². The molecule has 0 aliphatic carbocycles. The number of unbranched alkanes of at least 4 members (excludes halogenated alkanes) is 2. The van der Waals surface area contributed by atoms with Crippen LogP contribution >= 0.6 is 0 Å². The monoisotopic (exact) mass is 379 g/mol. The summed E-state index contributed by atoms with van der Waals surface area (Å²) in [5.74, 6) is 1.89. The third kappa shape index (κ3) is 4.46. The lowest BCUT2D eigenvalue weighted by Crippen LogP contribution is -1.97. The zero-order valence-electron chi connectivity index (χ0n) is 17.0. The molecule has 0 N–H and O–H groups in total. The van der Waals surface area contributed by atoms with Crippen molar-refractivity contribution in [1.82, 2.24) is 0 Å². The van der Waals surface area contributed by atoms with Crippen molar-refractivity contribution in [2.24, 2.45) is 0 Å². The van der Waals surface area contributed by atoms with Gasteiger partial charge in [0.15, 0.2) is 0 Å². The summed E-state index contributed by atoms with van der Waals surface area (Å²) in [6.07, 6.45) is 4.61. The fourth-order valence-corrected chi connectivity index (χ4v) is 3.78. The third-order valence-corrected chi connectivity index (χ3v) is 5.30. The molecule has 1 heteroatoms. The molecule has 1 aromatic heterocycles. The molecule has 0 aliphatic rings. The SMILES string of the molecule is CCCCCc1c(-c2ccccc2)cc(-c2ccccc2)[o+]c1-c1ccccc1. The van der Waals surface area contributed by atoms with Crippen molar-refractivity contribution in [3.05, 3.63) is 103 Å². The summed E-state index contributed by atoms with van der Waals surface area (Å²) in [6.45, 7) is 2.25. The second-order valence-corrected chi connectivity index (χ2v) is 7.39. The molecule has 0 spiro atoms. The van der Waals surface area contributed by atoms with Gasteiger partial charge in [0.05, 0.1) is 22.8 Å². The van der Waals surface area contributed by atoms with Gasteiger partial charge >= 0.3 is 11.5 Å². The molecule has 0 aliphatic heterocycles. The molecule has 0 amide bonds. The van der Waals surface area contributed by atoms with Crippen LogP contribution in [0.5, 0.6) is 0 Å². The highest BCUT2D eigenvalue weighted by molar-refractivity contribution is 5.79. The van der Waals surface area contributed by atoms with Crippen LogP contribution in [0.4, 0.5) is 0 Å². The highest BCUT2D eigenvalue weighted by atomic mass is 16.3. The van der Waals surface area contributed by atoms with Crippen LogP contribution in [0.1, 0.15) is 31.7 Å². The third-order valence-electron chi connectivity index (χ3n) is 5.30. The van der Waals surface area contributed by atoms with Crippen LogP contribution in [0.3, 0.4) is 0 Å². The van der Waals surface area contributed by atoms with Crippen LogP contribution in [0, 0.1) is 0 Å². The molecule has 3 aromatic carbocycles. The zero-order chi connectivity index (χ0) is 19.9. The van der Waals surface area contributed by atoms with Crippen molar-refractivity contribution in [1.29, 1.82) is 0 Å². The first-order valence-electron chi connectivity index (χ1n) is 10.5. The summed E-state index contributed by atoms with van der Waals surface area (Å²) in [5, 5.41) is 0. The van der Waals surface area contributed by atoms with Crippen molar-refractivity contribution >= 4 is 0 Å². The molecule has 0 saturated carbocycles. The normalized spacial score (nSPS) is 10.8. The molecule has 1 nitrogen and oxygen atoms in total. The second kappa shape index (κ2) is 9.34. The van der Waals surface area contributed by atoms with E-state index in [1.54, 1.807) is 0 Å². The lowest BCUT2D eigenvalue weighted by molar-refractivity contribution is 0.571. The second-order valence-electron chi connectivity index (χ2n) is 7.39. The lowest BCUT2D eigenvalue weighted by atomic mass is 9.92. The van der Waals surface area contributed by atoms with Gasteiger partial charge in [0, 0.05) is 5.56 Å². The minimum atomic E-state index is 0.905. The van der Waals surface area contributed by atoms with Gasteiger partial charge in [-0.1, -0.05) is 86.5 Å². The van der Waals surface area contributed by atoms with E-state index >= 15 is 0 Å². The smallest absolute Gasteiger partial charge is 0.206 e. The van der Waals surface area contributed by atoms with E-state index in [0.29, 0.717) is 0 Å². The largest absolute Gasteiger partial charge is 0.364 e. The topological polar surface area (TPSA) is 11.3 Å². The van der Waals surface area contributed by atoms with E-state index in [9.17, 15) is 0 Å². The zero-order valence-corrected chi connectivity index (χ0v) is 17.0. The molecule has 0 saturated heterocycles. The van der Waals surface area contributed by atoms with E-state index in [0.717, 1.165) is 35.5 Å². The van der Waals surface area contributed by atoms with Gasteiger partial charge in [-0.3, -0.25) is 0 Å². The Morgan fingerprint density at radius 3 is 1.76 bits per heavy atom. The number of hydrogen-bond donors (Lipinski definition) is 0. The Kier molecular flexibility index (Phi) is 6.16. The Hall–Kier alpha value is -3.19. The lowest BCUT2D eigenvalue weighted by Gasteiger charge is -2.10. The van der Waals surface area contributed by atoms with Gasteiger partial charge in [0.1, 0.15) is 0 Å². The molecule has 0 fully saturated rings. The molecule has 29 heavy (non-hydrogen) atoms. The van der Waals surface area contributed by atoms with Crippen molar-refractivity contribution < 1.29 is 4.42 Å². The molecule has 0 bridgehead atoms. The first-order valence-corrected chi connectivity index (χ1v) is 10.5. The predicted octanol–water partition coefficient (Wildman–Crippen LogP) is 8.29. The van der Waals surface area contributed by atoms with Gasteiger partial charge in [-0.15, -0.1) is 0 Å². The van der Waals surface area contributed by atoms with E-state index < -0.39 is 0 Å². The Labute approximate surface area is 173 Å². The van der Waals surface area contributed by atoms with E-state index in [-0.39, 0.29) is 0 Å². The van der Waals surface area contributed by atoms with Crippen LogP contribution in [0.25, 0.3) is 33.8 Å². The molecule has 1 heterocycles. The average molecular weight is 380 g/mol. The maximum absolute atomic E-state index is 6.57. The molecular weight excluding hydrogens is 352 g/mol. The van der Waals surface area contributed by atoms with Gasteiger partial charge in [0.25, 0.3) is 0 Å². The Morgan fingerprint density at radius 1 is 0.621 bits per heavy atom. The van der Waals surface area contributed by atoms with Gasteiger partial charge in [0.2, 0.25) is 0 Å². The fraction of sp³-hybridized carbons (Fsp3) is 0.179. The highest BCUT2D eigenvalue weighted by Gasteiger charge is 2.26. The summed E-state index contributed by atoms with van der Waals surface area (Å²) in [5.41, 5.74) is 6.04. The summed E-state index contributed by atoms with van der Waals surface area (Å²) in [7, 11) is 0. The number of benzene rings is 3. The first-order chi connectivity index (χ1) is 14.4.